The minimum atomic E-state index is -3.97. The number of benzene rings is 1. The molecule has 5 nitrogen and oxygen atoms in total. The van der Waals surface area contributed by atoms with Crippen LogP contribution in [0.15, 0.2) is 23.1 Å². The van der Waals surface area contributed by atoms with Gasteiger partial charge < -0.3 is 5.11 Å². The number of halogens is 1. The van der Waals surface area contributed by atoms with E-state index < -0.39 is 28.4 Å². The first kappa shape index (κ1) is 14.0. The lowest BCUT2D eigenvalue weighted by Crippen LogP contribution is -2.37. The molecule has 0 saturated heterocycles. The molecule has 0 unspecified atom stereocenters. The molecule has 0 aliphatic heterocycles. The van der Waals surface area contributed by atoms with Crippen molar-refractivity contribution in [3.8, 4) is 0 Å². The van der Waals surface area contributed by atoms with E-state index in [1.165, 1.54) is 12.1 Å². The molecule has 1 aromatic carbocycles. The van der Waals surface area contributed by atoms with Gasteiger partial charge in [-0.2, -0.15) is 4.31 Å². The van der Waals surface area contributed by atoms with Crippen LogP contribution in [0, 0.1) is 12.7 Å². The topological polar surface area (TPSA) is 74.7 Å². The number of hydrogen-bond acceptors (Lipinski definition) is 3. The second kappa shape index (κ2) is 4.90. The van der Waals surface area contributed by atoms with Crippen LogP contribution in [0.1, 0.15) is 18.4 Å². The Balaban J connectivity index is 2.44. The molecule has 0 amide bonds. The lowest BCUT2D eigenvalue weighted by atomic mass is 10.2. The summed E-state index contributed by atoms with van der Waals surface area (Å²) in [5.41, 5.74) is 0.400. The summed E-state index contributed by atoms with van der Waals surface area (Å²) in [4.78, 5) is 10.6. The molecule has 19 heavy (non-hydrogen) atoms. The third-order valence-electron chi connectivity index (χ3n) is 2.98. The van der Waals surface area contributed by atoms with E-state index in [4.69, 9.17) is 5.11 Å². The van der Waals surface area contributed by atoms with Crippen LogP contribution >= 0.6 is 0 Å². The number of aliphatic carboxylic acids is 1. The van der Waals surface area contributed by atoms with Gasteiger partial charge in [0.05, 0.1) is 4.90 Å². The number of hydrogen-bond donors (Lipinski definition) is 1. The normalized spacial score (nSPS) is 15.7. The number of carbonyl (C=O) groups is 1. The van der Waals surface area contributed by atoms with E-state index in [9.17, 15) is 17.6 Å². The third kappa shape index (κ3) is 2.93. The van der Waals surface area contributed by atoms with Gasteiger partial charge in [0.15, 0.2) is 0 Å². The number of carboxylic acids is 1. The Morgan fingerprint density at radius 1 is 1.47 bits per heavy atom. The Kier molecular flexibility index (Phi) is 3.60. The Labute approximate surface area is 110 Å². The van der Waals surface area contributed by atoms with E-state index in [1.54, 1.807) is 6.92 Å². The Morgan fingerprint density at radius 3 is 2.63 bits per heavy atom. The fourth-order valence-corrected chi connectivity index (χ4v) is 3.76. The molecule has 7 heteroatoms. The van der Waals surface area contributed by atoms with Gasteiger partial charge >= 0.3 is 5.97 Å². The van der Waals surface area contributed by atoms with Gasteiger partial charge in [-0.15, -0.1) is 0 Å². The largest absolute Gasteiger partial charge is 0.480 e. The van der Waals surface area contributed by atoms with Gasteiger partial charge in [0, 0.05) is 6.04 Å². The molecule has 0 atom stereocenters. The van der Waals surface area contributed by atoms with Crippen LogP contribution in [0.3, 0.4) is 0 Å². The van der Waals surface area contributed by atoms with Crippen LogP contribution in [0.2, 0.25) is 0 Å². The van der Waals surface area contributed by atoms with E-state index in [0.717, 1.165) is 10.4 Å². The number of aryl methyl sites for hydroxylation is 1. The molecule has 0 heterocycles. The lowest BCUT2D eigenvalue weighted by Gasteiger charge is -2.21. The quantitative estimate of drug-likeness (QED) is 0.887. The summed E-state index contributed by atoms with van der Waals surface area (Å²) < 4.78 is 39.0. The monoisotopic (exact) mass is 287 g/mol. The minimum Gasteiger partial charge on any atom is -0.480 e. The molecule has 0 bridgehead atoms. The Bertz CT molecular complexity index is 610. The molecular formula is C12H14FNO4S. The fourth-order valence-electron chi connectivity index (χ4n) is 1.88. The van der Waals surface area contributed by atoms with Gasteiger partial charge in [0.1, 0.15) is 12.4 Å². The maximum atomic E-state index is 13.2. The third-order valence-corrected chi connectivity index (χ3v) is 5.02. The molecule has 104 valence electrons. The Hall–Kier alpha value is -1.47. The maximum Gasteiger partial charge on any atom is 0.318 e. The molecule has 1 aromatic rings. The highest BCUT2D eigenvalue weighted by Gasteiger charge is 2.39. The first-order valence-corrected chi connectivity index (χ1v) is 7.26. The lowest BCUT2D eigenvalue weighted by molar-refractivity contribution is -0.137. The van der Waals surface area contributed by atoms with Crippen LogP contribution in [-0.4, -0.2) is 36.4 Å². The van der Waals surface area contributed by atoms with Crippen molar-refractivity contribution < 1.29 is 22.7 Å². The zero-order valence-corrected chi connectivity index (χ0v) is 11.2. The average molecular weight is 287 g/mol. The standard InChI is InChI=1S/C12H14FNO4S/c1-8-2-3-9(13)6-11(8)19(17,18)14(7-12(15)16)10-4-5-10/h2-3,6,10H,4-5,7H2,1H3,(H,15,16). The predicted molar refractivity (Wildman–Crippen MR) is 65.7 cm³/mol. The first-order chi connectivity index (χ1) is 8.82. The van der Waals surface area contributed by atoms with Crippen LogP contribution in [-0.2, 0) is 14.8 Å². The van der Waals surface area contributed by atoms with Crippen molar-refractivity contribution in [2.75, 3.05) is 6.54 Å². The summed E-state index contributed by atoms with van der Waals surface area (Å²) in [5.74, 6) is -1.88. The zero-order valence-electron chi connectivity index (χ0n) is 10.3. The molecule has 2 rings (SSSR count). The van der Waals surface area contributed by atoms with E-state index >= 15 is 0 Å². The van der Waals surface area contributed by atoms with Crippen molar-refractivity contribution in [2.45, 2.75) is 30.7 Å². The fraction of sp³-hybridized carbons (Fsp3) is 0.417. The number of nitrogens with zero attached hydrogens (tertiary/aromatic N) is 1. The van der Waals surface area contributed by atoms with Gasteiger partial charge in [-0.1, -0.05) is 6.07 Å². The highest BCUT2D eigenvalue weighted by atomic mass is 32.2. The molecular weight excluding hydrogens is 273 g/mol. The summed E-state index contributed by atoms with van der Waals surface area (Å²) >= 11 is 0. The number of sulfonamides is 1. The van der Waals surface area contributed by atoms with Crippen molar-refractivity contribution in [3.63, 3.8) is 0 Å². The van der Waals surface area contributed by atoms with Crippen molar-refractivity contribution in [1.82, 2.24) is 4.31 Å². The second-order valence-electron chi connectivity index (χ2n) is 4.58. The smallest absolute Gasteiger partial charge is 0.318 e. The molecule has 1 fully saturated rings. The molecule has 1 saturated carbocycles. The first-order valence-electron chi connectivity index (χ1n) is 5.82. The second-order valence-corrected chi connectivity index (χ2v) is 6.44. The van der Waals surface area contributed by atoms with E-state index in [-0.39, 0.29) is 10.9 Å². The van der Waals surface area contributed by atoms with E-state index in [2.05, 4.69) is 0 Å². The molecule has 0 spiro atoms. The summed E-state index contributed by atoms with van der Waals surface area (Å²) in [7, 11) is -3.97. The van der Waals surface area contributed by atoms with Crippen LogP contribution in [0.25, 0.3) is 0 Å². The highest BCUT2D eigenvalue weighted by Crippen LogP contribution is 2.32. The zero-order chi connectivity index (χ0) is 14.2. The van der Waals surface area contributed by atoms with E-state index in [1.807, 2.05) is 0 Å². The number of rotatable bonds is 5. The maximum absolute atomic E-state index is 13.2. The van der Waals surface area contributed by atoms with Crippen molar-refractivity contribution >= 4 is 16.0 Å². The van der Waals surface area contributed by atoms with Gasteiger partial charge in [0.25, 0.3) is 0 Å². The summed E-state index contributed by atoms with van der Waals surface area (Å²) in [5, 5.41) is 8.81. The molecule has 1 N–H and O–H groups in total. The minimum absolute atomic E-state index is 0.166. The van der Waals surface area contributed by atoms with Gasteiger partial charge in [0.2, 0.25) is 10.0 Å². The van der Waals surface area contributed by atoms with Gasteiger partial charge in [-0.3, -0.25) is 4.79 Å². The van der Waals surface area contributed by atoms with Gasteiger partial charge in [-0.05, 0) is 37.5 Å². The van der Waals surface area contributed by atoms with Crippen LogP contribution in [0.4, 0.5) is 4.39 Å². The van der Waals surface area contributed by atoms with Crippen LogP contribution < -0.4 is 0 Å². The number of carboxylic acid groups (broad SMARTS) is 1. The molecule has 0 aromatic heterocycles. The highest BCUT2D eigenvalue weighted by molar-refractivity contribution is 7.89. The molecule has 0 radical (unpaired) electrons. The van der Waals surface area contributed by atoms with Crippen LogP contribution in [0.5, 0.6) is 0 Å². The van der Waals surface area contributed by atoms with Gasteiger partial charge in [-0.25, -0.2) is 12.8 Å². The predicted octanol–water partition coefficient (Wildman–Crippen LogP) is 1.37. The SMILES string of the molecule is Cc1ccc(F)cc1S(=O)(=O)N(CC(=O)O)C1CC1. The average Bonchev–Trinajstić information content (AvgIpc) is 3.12. The van der Waals surface area contributed by atoms with Crippen molar-refractivity contribution in [3.05, 3.63) is 29.6 Å². The molecule has 1 aliphatic carbocycles. The van der Waals surface area contributed by atoms with Crippen molar-refractivity contribution in [1.29, 1.82) is 0 Å². The Morgan fingerprint density at radius 2 is 2.11 bits per heavy atom. The summed E-state index contributed by atoms with van der Waals surface area (Å²) in [6.07, 6.45) is 1.28. The van der Waals surface area contributed by atoms with E-state index in [0.29, 0.717) is 18.4 Å². The van der Waals surface area contributed by atoms with Crippen molar-refractivity contribution in [2.24, 2.45) is 0 Å². The summed E-state index contributed by atoms with van der Waals surface area (Å²) in [6.45, 7) is 0.959. The molecule has 1 aliphatic rings. The summed E-state index contributed by atoms with van der Waals surface area (Å²) in [6, 6.07) is 3.19.